The molecule has 0 bridgehead atoms. The molecule has 0 fully saturated rings. The van der Waals surface area contributed by atoms with Gasteiger partial charge in [0.05, 0.1) is 0 Å². The fraction of sp³-hybridized carbons (Fsp3) is 0.694. The minimum absolute atomic E-state index is 0.0955. The van der Waals surface area contributed by atoms with Gasteiger partial charge in [-0.3, -0.25) is 14.4 Å². The van der Waals surface area contributed by atoms with Crippen LogP contribution in [0.5, 0.6) is 0 Å². The van der Waals surface area contributed by atoms with E-state index in [4.69, 9.17) is 14.2 Å². The summed E-state index contributed by atoms with van der Waals surface area (Å²) in [4.78, 5) is 38.1. The number of esters is 3. The van der Waals surface area contributed by atoms with Crippen molar-refractivity contribution in [1.82, 2.24) is 0 Å². The van der Waals surface area contributed by atoms with Gasteiger partial charge in [0.2, 0.25) is 0 Å². The molecule has 0 aromatic heterocycles. The van der Waals surface area contributed by atoms with E-state index < -0.39 is 6.10 Å². The predicted octanol–water partition coefficient (Wildman–Crippen LogP) is 18.9. The molecule has 0 aliphatic carbocycles. The van der Waals surface area contributed by atoms with Gasteiger partial charge >= 0.3 is 17.9 Å². The number of ether oxygens (including phenoxy) is 3. The second-order valence-electron chi connectivity index (χ2n) is 18.6. The molecule has 6 heteroatoms. The van der Waals surface area contributed by atoms with Crippen LogP contribution >= 0.6 is 0 Å². The van der Waals surface area contributed by atoms with Gasteiger partial charge in [0, 0.05) is 19.3 Å². The Kier molecular flexibility index (Phi) is 52.9. The van der Waals surface area contributed by atoms with Crippen molar-refractivity contribution in [1.29, 1.82) is 0 Å². The topological polar surface area (TPSA) is 78.9 Å². The number of carbonyl (C=O) groups excluding carboxylic acids is 3. The third kappa shape index (κ3) is 53.3. The standard InChI is InChI=1S/C62H104O6/c1-4-7-10-13-16-19-22-25-28-30-32-34-37-40-43-46-49-52-55-61(64)67-58-59(57-66-60(63)54-51-48-45-42-39-36-33-27-24-21-18-15-12-9-6-3)68-62(65)56-53-50-47-44-41-38-35-31-29-26-23-20-17-14-11-8-5-2/h16-22,24-30,32,34,59H,4-15,23,31,33,35-58H2,1-3H3/b19-16-,20-17-,21-18-,25-22-,27-24-,29-26-,30-28-,34-32-. The van der Waals surface area contributed by atoms with E-state index in [1.165, 1.54) is 116 Å². The fourth-order valence-electron chi connectivity index (χ4n) is 7.59. The minimum atomic E-state index is -0.798. The molecular formula is C62H104O6. The van der Waals surface area contributed by atoms with Crippen molar-refractivity contribution in [3.63, 3.8) is 0 Å². The maximum absolute atomic E-state index is 12.9. The maximum Gasteiger partial charge on any atom is 0.306 e. The lowest BCUT2D eigenvalue weighted by atomic mass is 10.1. The lowest BCUT2D eigenvalue weighted by molar-refractivity contribution is -0.167. The molecule has 0 N–H and O–H groups in total. The van der Waals surface area contributed by atoms with E-state index in [0.29, 0.717) is 19.3 Å². The van der Waals surface area contributed by atoms with Crippen LogP contribution in [0.25, 0.3) is 0 Å². The summed E-state index contributed by atoms with van der Waals surface area (Å²) in [6.45, 7) is 6.51. The van der Waals surface area contributed by atoms with Crippen molar-refractivity contribution in [2.75, 3.05) is 13.2 Å². The zero-order valence-electron chi connectivity index (χ0n) is 44.3. The molecule has 0 rings (SSSR count). The summed E-state index contributed by atoms with van der Waals surface area (Å²) in [6.07, 6.45) is 73.8. The second kappa shape index (κ2) is 55.9. The molecule has 0 radical (unpaired) electrons. The Balaban J connectivity index is 4.48. The first-order valence-electron chi connectivity index (χ1n) is 28.3. The van der Waals surface area contributed by atoms with Crippen molar-refractivity contribution in [2.45, 2.75) is 264 Å². The lowest BCUT2D eigenvalue weighted by Crippen LogP contribution is -2.30. The molecule has 0 saturated carbocycles. The summed E-state index contributed by atoms with van der Waals surface area (Å²) in [5, 5.41) is 0. The Morgan fingerprint density at radius 1 is 0.309 bits per heavy atom. The van der Waals surface area contributed by atoms with Gasteiger partial charge in [-0.05, 0) is 103 Å². The summed E-state index contributed by atoms with van der Waals surface area (Å²) >= 11 is 0. The molecule has 0 aliphatic heterocycles. The highest BCUT2D eigenvalue weighted by atomic mass is 16.6. The van der Waals surface area contributed by atoms with E-state index in [1.54, 1.807) is 0 Å². The Bertz CT molecular complexity index is 1360. The van der Waals surface area contributed by atoms with Crippen molar-refractivity contribution in [3.05, 3.63) is 97.2 Å². The Morgan fingerprint density at radius 3 is 0.956 bits per heavy atom. The SMILES string of the molecule is CCCCC\C=C/C=C\C=C/C=C\CCCCCCCC(=O)OCC(COC(=O)CCCCCCCC/C=C\C=C/CCCCC)OC(=O)CCCCCCCCC/C=C\C/C=C\CCCCC. The molecule has 0 spiro atoms. The molecule has 1 atom stereocenters. The maximum atomic E-state index is 12.9. The summed E-state index contributed by atoms with van der Waals surface area (Å²) in [7, 11) is 0. The van der Waals surface area contributed by atoms with Crippen molar-refractivity contribution in [3.8, 4) is 0 Å². The zero-order valence-corrected chi connectivity index (χ0v) is 44.3. The number of allylic oxidation sites excluding steroid dienone is 16. The second-order valence-corrected chi connectivity index (χ2v) is 18.6. The summed E-state index contributed by atoms with van der Waals surface area (Å²) < 4.78 is 16.8. The molecule has 6 nitrogen and oxygen atoms in total. The van der Waals surface area contributed by atoms with Gasteiger partial charge in [-0.2, -0.15) is 0 Å². The van der Waals surface area contributed by atoms with Gasteiger partial charge in [-0.15, -0.1) is 0 Å². The Hall–Kier alpha value is -3.67. The van der Waals surface area contributed by atoms with E-state index in [9.17, 15) is 14.4 Å². The van der Waals surface area contributed by atoms with Crippen LogP contribution in [0.15, 0.2) is 97.2 Å². The van der Waals surface area contributed by atoms with Gasteiger partial charge in [-0.1, -0.05) is 234 Å². The molecule has 0 aliphatic rings. The number of unbranched alkanes of at least 4 members (excludes halogenated alkanes) is 27. The first kappa shape index (κ1) is 64.3. The third-order valence-corrected chi connectivity index (χ3v) is 11.9. The smallest absolute Gasteiger partial charge is 0.306 e. The molecule has 388 valence electrons. The average Bonchev–Trinajstić information content (AvgIpc) is 3.34. The van der Waals surface area contributed by atoms with Crippen LogP contribution < -0.4 is 0 Å². The van der Waals surface area contributed by atoms with Crippen LogP contribution in [0.2, 0.25) is 0 Å². The molecule has 0 aromatic carbocycles. The first-order valence-corrected chi connectivity index (χ1v) is 28.3. The van der Waals surface area contributed by atoms with Crippen LogP contribution in [-0.4, -0.2) is 37.2 Å². The normalized spacial score (nSPS) is 12.8. The van der Waals surface area contributed by atoms with Crippen LogP contribution in [0.4, 0.5) is 0 Å². The fourth-order valence-corrected chi connectivity index (χ4v) is 7.59. The molecule has 0 heterocycles. The Labute approximate surface area is 419 Å². The lowest BCUT2D eigenvalue weighted by Gasteiger charge is -2.18. The summed E-state index contributed by atoms with van der Waals surface area (Å²) in [6, 6.07) is 0. The van der Waals surface area contributed by atoms with Gasteiger partial charge in [0.25, 0.3) is 0 Å². The minimum Gasteiger partial charge on any atom is -0.462 e. The molecular weight excluding hydrogens is 841 g/mol. The molecule has 0 aromatic rings. The Morgan fingerprint density at radius 2 is 0.588 bits per heavy atom. The van der Waals surface area contributed by atoms with Gasteiger partial charge in [0.1, 0.15) is 13.2 Å². The summed E-state index contributed by atoms with van der Waals surface area (Å²) in [5.74, 6) is -0.935. The molecule has 68 heavy (non-hydrogen) atoms. The first-order chi connectivity index (χ1) is 33.5. The van der Waals surface area contributed by atoms with Gasteiger partial charge in [-0.25, -0.2) is 0 Å². The quantitative estimate of drug-likeness (QED) is 0.0199. The zero-order chi connectivity index (χ0) is 49.3. The third-order valence-electron chi connectivity index (χ3n) is 11.9. The number of rotatable bonds is 50. The van der Waals surface area contributed by atoms with Crippen molar-refractivity contribution < 1.29 is 28.6 Å². The van der Waals surface area contributed by atoms with E-state index >= 15 is 0 Å². The summed E-state index contributed by atoms with van der Waals surface area (Å²) in [5.41, 5.74) is 0. The van der Waals surface area contributed by atoms with Gasteiger partial charge in [0.15, 0.2) is 6.10 Å². The highest BCUT2D eigenvalue weighted by Crippen LogP contribution is 2.14. The number of carbonyl (C=O) groups is 3. The van der Waals surface area contributed by atoms with Gasteiger partial charge < -0.3 is 14.2 Å². The van der Waals surface area contributed by atoms with Crippen molar-refractivity contribution in [2.24, 2.45) is 0 Å². The van der Waals surface area contributed by atoms with Crippen LogP contribution in [-0.2, 0) is 28.6 Å². The molecule has 1 unspecified atom stereocenters. The van der Waals surface area contributed by atoms with Crippen molar-refractivity contribution >= 4 is 17.9 Å². The van der Waals surface area contributed by atoms with E-state index in [-0.39, 0.29) is 31.1 Å². The van der Waals surface area contributed by atoms with Crippen LogP contribution in [0.3, 0.4) is 0 Å². The van der Waals surface area contributed by atoms with E-state index in [2.05, 4.69) is 118 Å². The molecule has 0 amide bonds. The molecule has 0 saturated heterocycles. The average molecular weight is 946 g/mol. The monoisotopic (exact) mass is 945 g/mol. The largest absolute Gasteiger partial charge is 0.462 e. The number of hydrogen-bond acceptors (Lipinski definition) is 6. The highest BCUT2D eigenvalue weighted by Gasteiger charge is 2.19. The predicted molar refractivity (Wildman–Crippen MR) is 293 cm³/mol. The number of hydrogen-bond donors (Lipinski definition) is 0. The highest BCUT2D eigenvalue weighted by molar-refractivity contribution is 5.71. The van der Waals surface area contributed by atoms with Crippen LogP contribution in [0.1, 0.15) is 258 Å². The van der Waals surface area contributed by atoms with Crippen LogP contribution in [0, 0.1) is 0 Å². The van der Waals surface area contributed by atoms with E-state index in [0.717, 1.165) is 103 Å². The van der Waals surface area contributed by atoms with E-state index in [1.807, 2.05) is 0 Å².